The summed E-state index contributed by atoms with van der Waals surface area (Å²) < 4.78 is 22.4. The third-order valence-corrected chi connectivity index (χ3v) is 4.32. The van der Waals surface area contributed by atoms with E-state index in [0.717, 1.165) is 5.69 Å². The first kappa shape index (κ1) is 22.5. The van der Waals surface area contributed by atoms with Gasteiger partial charge in [0.05, 0.1) is 32.1 Å². The monoisotopic (exact) mass is 402 g/mol. The van der Waals surface area contributed by atoms with Crippen LogP contribution in [-0.2, 0) is 9.47 Å². The summed E-state index contributed by atoms with van der Waals surface area (Å²) in [4.78, 5) is 14.5. The number of amides is 1. The van der Waals surface area contributed by atoms with Crippen molar-refractivity contribution in [2.24, 2.45) is 0 Å². The van der Waals surface area contributed by atoms with Crippen LogP contribution in [0.1, 0.15) is 24.2 Å². The average Bonchev–Trinajstić information content (AvgIpc) is 2.74. The molecular weight excluding hydrogens is 372 g/mol. The predicted molar refractivity (Wildman–Crippen MR) is 114 cm³/mol. The number of carbonyl (C=O) groups is 1. The molecule has 158 valence electrons. The summed E-state index contributed by atoms with van der Waals surface area (Å²) in [6, 6.07) is 12.6. The van der Waals surface area contributed by atoms with Crippen LogP contribution in [0.5, 0.6) is 11.5 Å². The third kappa shape index (κ3) is 6.10. The number of hydrogen-bond donors (Lipinski definition) is 1. The van der Waals surface area contributed by atoms with E-state index in [1.54, 1.807) is 32.4 Å². The second-order valence-corrected chi connectivity index (χ2v) is 6.27. The highest BCUT2D eigenvalue weighted by molar-refractivity contribution is 6.05. The van der Waals surface area contributed by atoms with E-state index in [-0.39, 0.29) is 12.2 Å². The minimum atomic E-state index is -0.358. The average molecular weight is 402 g/mol. The van der Waals surface area contributed by atoms with Gasteiger partial charge in [-0.15, -0.1) is 0 Å². The molecule has 0 radical (unpaired) electrons. The van der Waals surface area contributed by atoms with Gasteiger partial charge in [0.15, 0.2) is 6.29 Å². The van der Waals surface area contributed by atoms with Gasteiger partial charge in [-0.2, -0.15) is 0 Å². The molecule has 0 spiro atoms. The van der Waals surface area contributed by atoms with Gasteiger partial charge in [-0.25, -0.2) is 0 Å². The number of ether oxygens (including phenoxy) is 4. The summed E-state index contributed by atoms with van der Waals surface area (Å²) in [5.74, 6) is 0.907. The molecule has 0 saturated carbocycles. The van der Waals surface area contributed by atoms with E-state index < -0.39 is 0 Å². The van der Waals surface area contributed by atoms with Gasteiger partial charge in [0.1, 0.15) is 11.5 Å². The van der Waals surface area contributed by atoms with Gasteiger partial charge < -0.3 is 29.2 Å². The Bertz CT molecular complexity index is 776. The molecule has 29 heavy (non-hydrogen) atoms. The number of likely N-dealkylation sites (N-methyl/N-ethyl adjacent to an activating group) is 1. The maximum atomic E-state index is 12.5. The zero-order valence-corrected chi connectivity index (χ0v) is 17.7. The van der Waals surface area contributed by atoms with E-state index in [2.05, 4.69) is 5.32 Å². The normalized spacial score (nSPS) is 10.7. The van der Waals surface area contributed by atoms with Gasteiger partial charge in [0.2, 0.25) is 0 Å². The first-order chi connectivity index (χ1) is 14.0. The fourth-order valence-corrected chi connectivity index (χ4v) is 2.91. The third-order valence-electron chi connectivity index (χ3n) is 4.32. The number of nitrogens with zero attached hydrogens (tertiary/aromatic N) is 1. The zero-order valence-electron chi connectivity index (χ0n) is 17.7. The van der Waals surface area contributed by atoms with Crippen LogP contribution in [0.4, 0.5) is 11.4 Å². The van der Waals surface area contributed by atoms with E-state index in [1.807, 2.05) is 50.1 Å². The van der Waals surface area contributed by atoms with Gasteiger partial charge >= 0.3 is 0 Å². The molecule has 2 rings (SSSR count). The number of anilines is 2. The topological polar surface area (TPSA) is 69.3 Å². The Labute approximate surface area is 172 Å². The van der Waals surface area contributed by atoms with Crippen LogP contribution in [0.3, 0.4) is 0 Å². The van der Waals surface area contributed by atoms with Crippen molar-refractivity contribution >= 4 is 17.3 Å². The molecule has 0 aliphatic carbocycles. The van der Waals surface area contributed by atoms with Crippen LogP contribution in [0, 0.1) is 0 Å². The van der Waals surface area contributed by atoms with Gasteiger partial charge in [-0.1, -0.05) is 18.2 Å². The lowest BCUT2D eigenvalue weighted by Crippen LogP contribution is -2.33. The quantitative estimate of drug-likeness (QED) is 0.577. The van der Waals surface area contributed by atoms with Crippen LogP contribution in [-0.4, -0.2) is 53.2 Å². The van der Waals surface area contributed by atoms with Crippen LogP contribution in [0.25, 0.3) is 0 Å². The van der Waals surface area contributed by atoms with Crippen LogP contribution < -0.4 is 19.7 Å². The lowest BCUT2D eigenvalue weighted by Gasteiger charge is -2.27. The molecule has 0 fully saturated rings. The molecule has 0 saturated heterocycles. The van der Waals surface area contributed by atoms with Crippen molar-refractivity contribution in [2.45, 2.75) is 20.1 Å². The summed E-state index contributed by atoms with van der Waals surface area (Å²) in [6.45, 7) is 5.49. The number of hydrogen-bond acceptors (Lipinski definition) is 6. The van der Waals surface area contributed by atoms with Crippen molar-refractivity contribution in [3.63, 3.8) is 0 Å². The zero-order chi connectivity index (χ0) is 21.2. The largest absolute Gasteiger partial charge is 0.495 e. The van der Waals surface area contributed by atoms with Crippen LogP contribution in [0.15, 0.2) is 42.5 Å². The Morgan fingerprint density at radius 2 is 1.62 bits per heavy atom. The smallest absolute Gasteiger partial charge is 0.255 e. The fourth-order valence-electron chi connectivity index (χ4n) is 2.91. The Morgan fingerprint density at radius 1 is 1.00 bits per heavy atom. The molecule has 2 aromatic rings. The highest BCUT2D eigenvalue weighted by Gasteiger charge is 2.19. The minimum Gasteiger partial charge on any atom is -0.495 e. The lowest BCUT2D eigenvalue weighted by atomic mass is 10.2. The molecule has 7 heteroatoms. The molecule has 0 bridgehead atoms. The fraction of sp³-hybridized carbons (Fsp3) is 0.409. The van der Waals surface area contributed by atoms with E-state index in [4.69, 9.17) is 18.9 Å². The maximum absolute atomic E-state index is 12.5. The van der Waals surface area contributed by atoms with E-state index in [0.29, 0.717) is 42.5 Å². The molecule has 0 aliphatic heterocycles. The summed E-state index contributed by atoms with van der Waals surface area (Å²) in [7, 11) is 5.07. The molecule has 0 aliphatic rings. The van der Waals surface area contributed by atoms with Crippen LogP contribution >= 0.6 is 0 Å². The van der Waals surface area contributed by atoms with Gasteiger partial charge in [-0.05, 0) is 26.0 Å². The molecule has 0 unspecified atom stereocenters. The second-order valence-electron chi connectivity index (χ2n) is 6.27. The first-order valence-corrected chi connectivity index (χ1v) is 9.60. The maximum Gasteiger partial charge on any atom is 0.255 e. The van der Waals surface area contributed by atoms with Crippen molar-refractivity contribution in [1.29, 1.82) is 0 Å². The van der Waals surface area contributed by atoms with E-state index >= 15 is 0 Å². The number of carbonyl (C=O) groups excluding carboxylic acids is 1. The summed E-state index contributed by atoms with van der Waals surface area (Å²) in [6.07, 6.45) is -0.358. The van der Waals surface area contributed by atoms with Gasteiger partial charge in [0.25, 0.3) is 5.91 Å². The number of benzene rings is 2. The molecular formula is C22H30N2O5. The molecule has 1 amide bonds. The van der Waals surface area contributed by atoms with Crippen LogP contribution in [0.2, 0.25) is 0 Å². The van der Waals surface area contributed by atoms with Gasteiger partial charge in [0, 0.05) is 38.0 Å². The first-order valence-electron chi connectivity index (χ1n) is 9.60. The highest BCUT2D eigenvalue weighted by atomic mass is 16.7. The number of nitrogens with one attached hydrogen (secondary N) is 1. The molecule has 0 atom stereocenters. The Balaban J connectivity index is 2.27. The summed E-state index contributed by atoms with van der Waals surface area (Å²) >= 11 is 0. The van der Waals surface area contributed by atoms with Crippen molar-refractivity contribution < 1.29 is 23.7 Å². The lowest BCUT2D eigenvalue weighted by molar-refractivity contribution is -0.129. The Morgan fingerprint density at radius 3 is 2.17 bits per heavy atom. The summed E-state index contributed by atoms with van der Waals surface area (Å²) in [5.41, 5.74) is 1.89. The SMILES string of the molecule is CCOC(CN(C)c1cc(OC)c(NC(=O)c2ccccc2)cc1OC)OCC. The number of methoxy groups -OCH3 is 2. The second kappa shape index (κ2) is 11.3. The highest BCUT2D eigenvalue weighted by Crippen LogP contribution is 2.38. The summed E-state index contributed by atoms with van der Waals surface area (Å²) in [5, 5.41) is 2.89. The molecule has 7 nitrogen and oxygen atoms in total. The molecule has 0 heterocycles. The van der Waals surface area contributed by atoms with Crippen molar-refractivity contribution in [2.75, 3.05) is 51.2 Å². The van der Waals surface area contributed by atoms with Crippen molar-refractivity contribution in [1.82, 2.24) is 0 Å². The van der Waals surface area contributed by atoms with Crippen molar-refractivity contribution in [3.05, 3.63) is 48.0 Å². The Hall–Kier alpha value is -2.77. The van der Waals surface area contributed by atoms with Gasteiger partial charge in [-0.3, -0.25) is 4.79 Å². The predicted octanol–water partition coefficient (Wildman–Crippen LogP) is 3.79. The number of rotatable bonds is 11. The minimum absolute atomic E-state index is 0.222. The standard InChI is InChI=1S/C22H30N2O5/c1-6-28-21(29-7-2)15-24(3)18-14-19(26-4)17(13-20(18)27-5)23-22(25)16-11-9-8-10-12-16/h8-14,21H,6-7,15H2,1-5H3,(H,23,25). The van der Waals surface area contributed by atoms with E-state index in [1.165, 1.54) is 0 Å². The molecule has 0 aromatic heterocycles. The van der Waals surface area contributed by atoms with E-state index in [9.17, 15) is 4.79 Å². The Kier molecular flexibility index (Phi) is 8.76. The van der Waals surface area contributed by atoms with Crippen molar-refractivity contribution in [3.8, 4) is 11.5 Å². The molecule has 2 aromatic carbocycles. The molecule has 1 N–H and O–H groups in total.